The summed E-state index contributed by atoms with van der Waals surface area (Å²) < 4.78 is 17.0. The van der Waals surface area contributed by atoms with Crippen LogP contribution in [0.15, 0.2) is 115 Å². The van der Waals surface area contributed by atoms with Gasteiger partial charge in [0.15, 0.2) is 23.4 Å². The van der Waals surface area contributed by atoms with E-state index in [1.807, 2.05) is 51.7 Å². The maximum atomic E-state index is 6.37. The van der Waals surface area contributed by atoms with Crippen LogP contribution in [0.5, 0.6) is 11.5 Å². The average Bonchev–Trinajstić information content (AvgIpc) is 3.38. The van der Waals surface area contributed by atoms with Crippen molar-refractivity contribution in [2.75, 3.05) is 32.8 Å². The maximum Gasteiger partial charge on any atom is 0.203 e. The van der Waals surface area contributed by atoms with Gasteiger partial charge in [0.05, 0.1) is 12.7 Å². The van der Waals surface area contributed by atoms with Crippen LogP contribution < -0.4 is 9.47 Å². The van der Waals surface area contributed by atoms with Crippen LogP contribution in [0.1, 0.15) is 29.1 Å². The first-order chi connectivity index (χ1) is 20.7. The summed E-state index contributed by atoms with van der Waals surface area (Å²) in [5.41, 5.74) is 3.60. The number of fused-ring (bicyclic) bond motifs is 1. The second-order valence-electron chi connectivity index (χ2n) is 10.7. The molecular formula is C34H33N5O2S. The van der Waals surface area contributed by atoms with Gasteiger partial charge in [-0.3, -0.25) is 14.4 Å². The van der Waals surface area contributed by atoms with E-state index < -0.39 is 0 Å². The number of para-hydroxylation sites is 3. The van der Waals surface area contributed by atoms with Crippen LogP contribution in [0.3, 0.4) is 0 Å². The van der Waals surface area contributed by atoms with Crippen molar-refractivity contribution in [1.82, 2.24) is 24.1 Å². The van der Waals surface area contributed by atoms with Crippen molar-refractivity contribution in [3.8, 4) is 17.2 Å². The zero-order valence-corrected chi connectivity index (χ0v) is 24.1. The molecule has 8 heteroatoms. The molecule has 212 valence electrons. The Morgan fingerprint density at radius 3 is 1.93 bits per heavy atom. The van der Waals surface area contributed by atoms with Gasteiger partial charge in [0.2, 0.25) is 4.77 Å². The van der Waals surface area contributed by atoms with Crippen LogP contribution in [0, 0.1) is 4.77 Å². The first-order valence-electron chi connectivity index (χ1n) is 14.4. The summed E-state index contributed by atoms with van der Waals surface area (Å²) in [7, 11) is 0. The molecular weight excluding hydrogens is 542 g/mol. The molecule has 1 fully saturated rings. The lowest BCUT2D eigenvalue weighted by Gasteiger charge is -2.39. The highest BCUT2D eigenvalue weighted by molar-refractivity contribution is 7.71. The van der Waals surface area contributed by atoms with Gasteiger partial charge in [-0.2, -0.15) is 5.10 Å². The number of nitrogens with zero attached hydrogens (tertiary/aromatic N) is 5. The van der Waals surface area contributed by atoms with Gasteiger partial charge >= 0.3 is 0 Å². The lowest BCUT2D eigenvalue weighted by atomic mass is 9.96. The van der Waals surface area contributed by atoms with E-state index in [1.165, 1.54) is 11.1 Å². The normalized spacial score (nSPS) is 17.4. The van der Waals surface area contributed by atoms with E-state index in [2.05, 4.69) is 82.6 Å². The van der Waals surface area contributed by atoms with Crippen molar-refractivity contribution in [1.29, 1.82) is 0 Å². The number of hydrogen-bond acceptors (Lipinski definition) is 6. The standard InChI is InChI=1S/C34H33N5O2S/c42-34-38(25-36-20-22-37(23-21-36)32(26-12-4-1-5-13-26)27-14-6-2-7-15-27)35-33(39(34)28-16-8-3-9-17-28)31-24-40-29-18-10-11-19-30(29)41-31/h1-19,31-32H,20-25H2/t31-/m0/s1. The van der Waals surface area contributed by atoms with Gasteiger partial charge in [0, 0.05) is 31.9 Å². The number of piperazine rings is 1. The number of rotatable bonds is 7. The molecule has 0 aliphatic carbocycles. The molecule has 0 saturated carbocycles. The summed E-state index contributed by atoms with van der Waals surface area (Å²) >= 11 is 6.03. The topological polar surface area (TPSA) is 47.7 Å². The van der Waals surface area contributed by atoms with Crippen molar-refractivity contribution in [2.45, 2.75) is 18.8 Å². The Morgan fingerprint density at radius 1 is 0.714 bits per heavy atom. The summed E-state index contributed by atoms with van der Waals surface area (Å²) in [6.45, 7) is 4.72. The second-order valence-corrected chi connectivity index (χ2v) is 11.1. The van der Waals surface area contributed by atoms with Gasteiger partial charge in [-0.15, -0.1) is 0 Å². The highest BCUT2D eigenvalue weighted by Crippen LogP contribution is 2.36. The number of hydrogen-bond donors (Lipinski definition) is 0. The highest BCUT2D eigenvalue weighted by atomic mass is 32.1. The zero-order chi connectivity index (χ0) is 28.3. The minimum Gasteiger partial charge on any atom is -0.485 e. The Kier molecular flexibility index (Phi) is 7.57. The quantitative estimate of drug-likeness (QED) is 0.213. The van der Waals surface area contributed by atoms with E-state index in [1.54, 1.807) is 0 Å². The van der Waals surface area contributed by atoms with Crippen LogP contribution in [0.2, 0.25) is 0 Å². The Bertz CT molecular complexity index is 1640. The fourth-order valence-corrected chi connectivity index (χ4v) is 6.23. The summed E-state index contributed by atoms with van der Waals surface area (Å²) in [4.78, 5) is 5.01. The number of aromatic nitrogens is 3. The molecule has 2 aliphatic rings. The molecule has 5 aromatic rings. The third-order valence-electron chi connectivity index (χ3n) is 8.01. The van der Waals surface area contributed by atoms with E-state index in [0.717, 1.165) is 49.2 Å². The molecule has 2 aliphatic heterocycles. The van der Waals surface area contributed by atoms with E-state index >= 15 is 0 Å². The molecule has 0 spiro atoms. The number of benzene rings is 4. The van der Waals surface area contributed by atoms with Gasteiger partial charge in [0.1, 0.15) is 6.61 Å². The Morgan fingerprint density at radius 2 is 1.29 bits per heavy atom. The molecule has 1 aromatic heterocycles. The molecule has 0 unspecified atom stereocenters. The van der Waals surface area contributed by atoms with E-state index in [9.17, 15) is 0 Å². The van der Waals surface area contributed by atoms with E-state index in [0.29, 0.717) is 18.0 Å². The monoisotopic (exact) mass is 575 g/mol. The molecule has 4 aromatic carbocycles. The van der Waals surface area contributed by atoms with Crippen molar-refractivity contribution >= 4 is 12.2 Å². The molecule has 0 radical (unpaired) electrons. The van der Waals surface area contributed by atoms with Crippen LogP contribution in [0.25, 0.3) is 5.69 Å². The number of ether oxygens (including phenoxy) is 2. The fourth-order valence-electron chi connectivity index (χ4n) is 5.93. The van der Waals surface area contributed by atoms with Crippen molar-refractivity contribution in [2.24, 2.45) is 0 Å². The third-order valence-corrected chi connectivity index (χ3v) is 8.41. The average molecular weight is 576 g/mol. The molecule has 3 heterocycles. The van der Waals surface area contributed by atoms with E-state index in [4.69, 9.17) is 26.8 Å². The summed E-state index contributed by atoms with van der Waals surface area (Å²) in [5, 5.41) is 5.04. The van der Waals surface area contributed by atoms with Crippen molar-refractivity contribution < 1.29 is 9.47 Å². The summed E-state index contributed by atoms with van der Waals surface area (Å²) in [6.07, 6.45) is -0.377. The second kappa shape index (κ2) is 11.9. The minimum atomic E-state index is -0.377. The van der Waals surface area contributed by atoms with Gasteiger partial charge < -0.3 is 9.47 Å². The highest BCUT2D eigenvalue weighted by Gasteiger charge is 2.30. The largest absolute Gasteiger partial charge is 0.485 e. The van der Waals surface area contributed by atoms with Crippen LogP contribution in [0.4, 0.5) is 0 Å². The SMILES string of the molecule is S=c1n(CN2CCN(C(c3ccccc3)c3ccccc3)CC2)nc([C@@H]2COc3ccccc3O2)n1-c1ccccc1. The summed E-state index contributed by atoms with van der Waals surface area (Å²) in [6, 6.07) is 39.7. The van der Waals surface area contributed by atoms with Crippen LogP contribution in [-0.4, -0.2) is 56.9 Å². The van der Waals surface area contributed by atoms with Gasteiger partial charge in [0.25, 0.3) is 0 Å². The Labute approximate surface area is 251 Å². The third kappa shape index (κ3) is 5.36. The molecule has 1 saturated heterocycles. The first kappa shape index (κ1) is 26.6. The van der Waals surface area contributed by atoms with Crippen LogP contribution >= 0.6 is 12.2 Å². The molecule has 0 bridgehead atoms. The smallest absolute Gasteiger partial charge is 0.203 e. The van der Waals surface area contributed by atoms with E-state index in [-0.39, 0.29) is 12.1 Å². The lowest BCUT2D eigenvalue weighted by molar-refractivity contribution is 0.0779. The van der Waals surface area contributed by atoms with Crippen molar-refractivity contribution in [3.05, 3.63) is 137 Å². The molecule has 42 heavy (non-hydrogen) atoms. The van der Waals surface area contributed by atoms with Gasteiger partial charge in [-0.1, -0.05) is 91.0 Å². The molecule has 0 N–H and O–H groups in total. The van der Waals surface area contributed by atoms with Crippen molar-refractivity contribution in [3.63, 3.8) is 0 Å². The summed E-state index contributed by atoms with van der Waals surface area (Å²) in [5.74, 6) is 2.21. The maximum absolute atomic E-state index is 6.37. The van der Waals surface area contributed by atoms with Gasteiger partial charge in [-0.25, -0.2) is 4.68 Å². The molecule has 7 nitrogen and oxygen atoms in total. The lowest BCUT2D eigenvalue weighted by Crippen LogP contribution is -2.48. The minimum absolute atomic E-state index is 0.229. The molecule has 0 amide bonds. The first-order valence-corrected chi connectivity index (χ1v) is 14.9. The molecule has 7 rings (SSSR count). The Balaban J connectivity index is 1.12. The predicted octanol–water partition coefficient (Wildman–Crippen LogP) is 6.28. The fraction of sp³-hybridized carbons (Fsp3) is 0.235. The molecule has 1 atom stereocenters. The predicted molar refractivity (Wildman–Crippen MR) is 166 cm³/mol. The Hall–Kier alpha value is -4.24. The zero-order valence-electron chi connectivity index (χ0n) is 23.3. The van der Waals surface area contributed by atoms with Gasteiger partial charge in [-0.05, 0) is 47.6 Å². The van der Waals surface area contributed by atoms with Crippen LogP contribution in [-0.2, 0) is 6.67 Å².